The fraction of sp³-hybridized carbons (Fsp3) is 0.429. The van der Waals surface area contributed by atoms with E-state index < -0.39 is 23.0 Å². The van der Waals surface area contributed by atoms with Crippen molar-refractivity contribution in [3.05, 3.63) is 44.6 Å². The Morgan fingerprint density at radius 1 is 1.14 bits per heavy atom. The van der Waals surface area contributed by atoms with Crippen molar-refractivity contribution < 1.29 is 13.2 Å². The van der Waals surface area contributed by atoms with E-state index in [4.69, 9.17) is 0 Å². The van der Waals surface area contributed by atoms with Gasteiger partial charge in [-0.3, -0.25) is 9.36 Å². The van der Waals surface area contributed by atoms with Gasteiger partial charge in [0.1, 0.15) is 0 Å². The molecule has 7 heteroatoms. The van der Waals surface area contributed by atoms with Crippen molar-refractivity contribution in [1.29, 1.82) is 0 Å². The van der Waals surface area contributed by atoms with E-state index in [9.17, 15) is 22.8 Å². The van der Waals surface area contributed by atoms with Crippen molar-refractivity contribution in [2.24, 2.45) is 0 Å². The van der Waals surface area contributed by atoms with Crippen LogP contribution in [0.2, 0.25) is 0 Å². The molecule has 2 aromatic rings. The van der Waals surface area contributed by atoms with Crippen LogP contribution in [0.5, 0.6) is 0 Å². The first-order valence-electron chi connectivity index (χ1n) is 6.74. The van der Waals surface area contributed by atoms with Gasteiger partial charge < -0.3 is 4.98 Å². The highest BCUT2D eigenvalue weighted by Gasteiger charge is 2.31. The molecule has 1 fully saturated rings. The fourth-order valence-electron chi connectivity index (χ4n) is 2.90. The zero-order valence-electron chi connectivity index (χ0n) is 11.0. The average molecular weight is 298 g/mol. The molecule has 0 radical (unpaired) electrons. The molecule has 0 spiro atoms. The van der Waals surface area contributed by atoms with E-state index in [1.165, 1.54) is 0 Å². The Labute approximate surface area is 117 Å². The summed E-state index contributed by atoms with van der Waals surface area (Å²) in [6.45, 7) is 0. The summed E-state index contributed by atoms with van der Waals surface area (Å²) in [5.74, 6) is 0. The molecule has 1 aliphatic carbocycles. The van der Waals surface area contributed by atoms with Gasteiger partial charge in [-0.05, 0) is 31.0 Å². The SMILES string of the molecule is O=c1[nH]c2cc(C(F)(F)F)ccc2c(=O)n1C1CCCC1. The van der Waals surface area contributed by atoms with Crippen molar-refractivity contribution in [1.82, 2.24) is 9.55 Å². The van der Waals surface area contributed by atoms with E-state index in [0.29, 0.717) is 0 Å². The Morgan fingerprint density at radius 2 is 1.81 bits per heavy atom. The van der Waals surface area contributed by atoms with Crippen molar-refractivity contribution in [3.8, 4) is 0 Å². The summed E-state index contributed by atoms with van der Waals surface area (Å²) < 4.78 is 39.1. The molecule has 1 N–H and O–H groups in total. The fourth-order valence-corrected chi connectivity index (χ4v) is 2.90. The molecule has 1 aromatic heterocycles. The summed E-state index contributed by atoms with van der Waals surface area (Å²) in [4.78, 5) is 26.8. The second kappa shape index (κ2) is 4.75. The van der Waals surface area contributed by atoms with Gasteiger partial charge in [-0.15, -0.1) is 0 Å². The third kappa shape index (κ3) is 2.36. The number of fused-ring (bicyclic) bond motifs is 1. The predicted molar refractivity (Wildman–Crippen MR) is 71.3 cm³/mol. The molecule has 0 bridgehead atoms. The van der Waals surface area contributed by atoms with Crippen LogP contribution in [0.15, 0.2) is 27.8 Å². The molecule has 21 heavy (non-hydrogen) atoms. The van der Waals surface area contributed by atoms with Crippen LogP contribution >= 0.6 is 0 Å². The molecule has 1 saturated carbocycles. The van der Waals surface area contributed by atoms with Gasteiger partial charge in [0.25, 0.3) is 5.56 Å². The van der Waals surface area contributed by atoms with Gasteiger partial charge in [-0.25, -0.2) is 4.79 Å². The highest BCUT2D eigenvalue weighted by atomic mass is 19.4. The lowest BCUT2D eigenvalue weighted by Crippen LogP contribution is -2.37. The van der Waals surface area contributed by atoms with Crippen LogP contribution in [0, 0.1) is 0 Å². The largest absolute Gasteiger partial charge is 0.416 e. The maximum absolute atomic E-state index is 12.7. The number of nitrogens with one attached hydrogen (secondary N) is 1. The first-order chi connectivity index (χ1) is 9.88. The van der Waals surface area contributed by atoms with E-state index in [1.54, 1.807) is 0 Å². The van der Waals surface area contributed by atoms with Crippen LogP contribution in [0.4, 0.5) is 13.2 Å². The van der Waals surface area contributed by atoms with Crippen molar-refractivity contribution in [2.75, 3.05) is 0 Å². The van der Waals surface area contributed by atoms with Crippen LogP contribution in [0.25, 0.3) is 10.9 Å². The number of rotatable bonds is 1. The molecule has 0 atom stereocenters. The lowest BCUT2D eigenvalue weighted by molar-refractivity contribution is -0.137. The third-order valence-electron chi connectivity index (χ3n) is 3.95. The van der Waals surface area contributed by atoms with E-state index in [2.05, 4.69) is 4.98 Å². The summed E-state index contributed by atoms with van der Waals surface area (Å²) in [7, 11) is 0. The molecule has 1 aliphatic rings. The van der Waals surface area contributed by atoms with Crippen molar-refractivity contribution >= 4 is 10.9 Å². The van der Waals surface area contributed by atoms with Gasteiger partial charge >= 0.3 is 11.9 Å². The third-order valence-corrected chi connectivity index (χ3v) is 3.95. The van der Waals surface area contributed by atoms with E-state index in [1.807, 2.05) is 0 Å². The van der Waals surface area contributed by atoms with Gasteiger partial charge in [-0.1, -0.05) is 12.8 Å². The van der Waals surface area contributed by atoms with Crippen LogP contribution < -0.4 is 11.2 Å². The van der Waals surface area contributed by atoms with Gasteiger partial charge in [0.05, 0.1) is 16.5 Å². The standard InChI is InChI=1S/C14H13F3N2O2/c15-14(16,17)8-5-6-10-11(7-8)18-13(21)19(12(10)20)9-3-1-2-4-9/h5-7,9H,1-4H2,(H,18,21). The maximum Gasteiger partial charge on any atom is 0.416 e. The second-order valence-electron chi connectivity index (χ2n) is 5.30. The van der Waals surface area contributed by atoms with Crippen LogP contribution in [0.3, 0.4) is 0 Å². The van der Waals surface area contributed by atoms with Crippen LogP contribution in [-0.2, 0) is 6.18 Å². The summed E-state index contributed by atoms with van der Waals surface area (Å²) in [5.41, 5.74) is -2.12. The second-order valence-corrected chi connectivity index (χ2v) is 5.30. The monoisotopic (exact) mass is 298 g/mol. The predicted octanol–water partition coefficient (Wildman–Crippen LogP) is 2.82. The van der Waals surface area contributed by atoms with E-state index in [0.717, 1.165) is 48.4 Å². The smallest absolute Gasteiger partial charge is 0.307 e. The number of nitrogens with zero attached hydrogens (tertiary/aromatic N) is 1. The highest BCUT2D eigenvalue weighted by Crippen LogP contribution is 2.31. The van der Waals surface area contributed by atoms with Gasteiger partial charge in [0, 0.05) is 6.04 Å². The van der Waals surface area contributed by atoms with Crippen molar-refractivity contribution in [3.63, 3.8) is 0 Å². The molecule has 3 rings (SSSR count). The summed E-state index contributed by atoms with van der Waals surface area (Å²) >= 11 is 0. The minimum absolute atomic E-state index is 0.0749. The summed E-state index contributed by atoms with van der Waals surface area (Å²) in [5, 5.41) is 0.106. The first kappa shape index (κ1) is 13.9. The molecule has 0 aliphatic heterocycles. The minimum atomic E-state index is -4.51. The zero-order chi connectivity index (χ0) is 15.2. The topological polar surface area (TPSA) is 54.9 Å². The van der Waals surface area contributed by atoms with Crippen LogP contribution in [-0.4, -0.2) is 9.55 Å². The summed E-state index contributed by atoms with van der Waals surface area (Å²) in [6.07, 6.45) is -1.13. The maximum atomic E-state index is 12.7. The Morgan fingerprint density at radius 3 is 2.43 bits per heavy atom. The number of aromatic amines is 1. The first-order valence-corrected chi connectivity index (χ1v) is 6.74. The minimum Gasteiger partial charge on any atom is -0.307 e. The van der Waals surface area contributed by atoms with Crippen LogP contribution in [0.1, 0.15) is 37.3 Å². The summed E-state index contributed by atoms with van der Waals surface area (Å²) in [6, 6.07) is 2.63. The molecule has 0 unspecified atom stereocenters. The molecule has 1 aromatic carbocycles. The number of aromatic nitrogens is 2. The Bertz CT molecular complexity index is 798. The molecular weight excluding hydrogens is 285 g/mol. The lowest BCUT2D eigenvalue weighted by Gasteiger charge is -2.13. The Hall–Kier alpha value is -2.05. The number of halogens is 3. The molecule has 1 heterocycles. The van der Waals surface area contributed by atoms with Crippen molar-refractivity contribution in [2.45, 2.75) is 37.9 Å². The molecular formula is C14H13F3N2O2. The normalized spacial score (nSPS) is 16.7. The highest BCUT2D eigenvalue weighted by molar-refractivity contribution is 5.78. The number of hydrogen-bond acceptors (Lipinski definition) is 2. The van der Waals surface area contributed by atoms with Gasteiger partial charge in [0.15, 0.2) is 0 Å². The lowest BCUT2D eigenvalue weighted by atomic mass is 10.1. The average Bonchev–Trinajstić information content (AvgIpc) is 2.90. The number of benzene rings is 1. The molecule has 0 saturated heterocycles. The van der Waals surface area contributed by atoms with E-state index in [-0.39, 0.29) is 16.9 Å². The molecule has 0 amide bonds. The van der Waals surface area contributed by atoms with E-state index >= 15 is 0 Å². The quantitative estimate of drug-likeness (QED) is 0.880. The van der Waals surface area contributed by atoms with Gasteiger partial charge in [0.2, 0.25) is 0 Å². The number of H-pyrrole nitrogens is 1. The Balaban J connectivity index is 2.22. The molecule has 4 nitrogen and oxygen atoms in total. The number of hydrogen-bond donors (Lipinski definition) is 1. The van der Waals surface area contributed by atoms with Gasteiger partial charge in [-0.2, -0.15) is 13.2 Å². The number of alkyl halides is 3. The molecule has 112 valence electrons. The zero-order valence-corrected chi connectivity index (χ0v) is 11.0. The Kier molecular flexibility index (Phi) is 3.15.